The highest BCUT2D eigenvalue weighted by atomic mass is 127. The Kier molecular flexibility index (Phi) is 9.10. The molecule has 0 atom stereocenters. The Hall–Kier alpha value is -2.62. The van der Waals surface area contributed by atoms with Crippen molar-refractivity contribution in [1.29, 1.82) is 0 Å². The second-order valence-electron chi connectivity index (χ2n) is 6.67. The summed E-state index contributed by atoms with van der Waals surface area (Å²) in [6, 6.07) is 11.3. The molecule has 3 aromatic rings. The van der Waals surface area contributed by atoms with Gasteiger partial charge in [-0.05, 0) is 42.7 Å². The molecule has 0 bridgehead atoms. The fourth-order valence-electron chi connectivity index (χ4n) is 3.10. The number of nitrogens with zero attached hydrogens (tertiary/aromatic N) is 3. The molecule has 0 spiro atoms. The van der Waals surface area contributed by atoms with E-state index in [1.54, 1.807) is 43.5 Å². The molecule has 0 aliphatic rings. The van der Waals surface area contributed by atoms with Crippen LogP contribution in [-0.2, 0) is 13.0 Å². The highest BCUT2D eigenvalue weighted by Gasteiger charge is 2.07. The number of hydrogen-bond acceptors (Lipinski definition) is 3. The van der Waals surface area contributed by atoms with Crippen LogP contribution in [0.5, 0.6) is 5.75 Å². The Morgan fingerprint density at radius 1 is 1.20 bits per heavy atom. The van der Waals surface area contributed by atoms with Gasteiger partial charge in [0.25, 0.3) is 0 Å². The molecule has 0 aliphatic carbocycles. The molecular formula is C22H27FIN5O. The summed E-state index contributed by atoms with van der Waals surface area (Å²) >= 11 is 0. The summed E-state index contributed by atoms with van der Waals surface area (Å²) in [6.07, 6.45) is 5.72. The Bertz CT molecular complexity index is 976. The average Bonchev–Trinajstić information content (AvgIpc) is 3.25. The van der Waals surface area contributed by atoms with Crippen LogP contribution in [0.15, 0.2) is 60.1 Å². The number of nitrogens with one attached hydrogen (secondary N) is 2. The Labute approximate surface area is 193 Å². The summed E-state index contributed by atoms with van der Waals surface area (Å²) in [5, 5.41) is 6.50. The number of aromatic nitrogens is 2. The third-order valence-electron chi connectivity index (χ3n) is 4.60. The van der Waals surface area contributed by atoms with Crippen molar-refractivity contribution in [1.82, 2.24) is 20.2 Å². The molecule has 2 N–H and O–H groups in total. The van der Waals surface area contributed by atoms with Gasteiger partial charge < -0.3 is 19.9 Å². The van der Waals surface area contributed by atoms with Crippen molar-refractivity contribution in [3.8, 4) is 11.4 Å². The van der Waals surface area contributed by atoms with Crippen molar-refractivity contribution in [2.24, 2.45) is 4.99 Å². The maximum Gasteiger partial charge on any atom is 0.191 e. The molecule has 30 heavy (non-hydrogen) atoms. The van der Waals surface area contributed by atoms with Gasteiger partial charge in [0, 0.05) is 32.5 Å². The van der Waals surface area contributed by atoms with Crippen LogP contribution in [0.3, 0.4) is 0 Å². The van der Waals surface area contributed by atoms with E-state index < -0.39 is 0 Å². The molecule has 0 radical (unpaired) electrons. The second kappa shape index (κ2) is 11.5. The van der Waals surface area contributed by atoms with Gasteiger partial charge in [0.2, 0.25) is 0 Å². The number of rotatable bonds is 7. The molecule has 6 nitrogen and oxygen atoms in total. The van der Waals surface area contributed by atoms with E-state index in [2.05, 4.69) is 33.6 Å². The summed E-state index contributed by atoms with van der Waals surface area (Å²) in [6.45, 7) is 3.23. The van der Waals surface area contributed by atoms with E-state index in [4.69, 9.17) is 4.74 Å². The number of guanidine groups is 1. The molecule has 8 heteroatoms. The van der Waals surface area contributed by atoms with Crippen molar-refractivity contribution in [3.63, 3.8) is 0 Å². The van der Waals surface area contributed by atoms with Crippen LogP contribution >= 0.6 is 24.0 Å². The molecule has 0 saturated heterocycles. The lowest BCUT2D eigenvalue weighted by atomic mass is 10.1. The minimum atomic E-state index is -0.295. The van der Waals surface area contributed by atoms with E-state index in [-0.39, 0.29) is 29.8 Å². The molecule has 0 unspecified atom stereocenters. The summed E-state index contributed by atoms with van der Waals surface area (Å²) in [7, 11) is 3.39. The second-order valence-corrected chi connectivity index (χ2v) is 6.67. The van der Waals surface area contributed by atoms with E-state index in [0.717, 1.165) is 23.3 Å². The van der Waals surface area contributed by atoms with Crippen LogP contribution in [0.25, 0.3) is 5.69 Å². The summed E-state index contributed by atoms with van der Waals surface area (Å²) in [4.78, 5) is 8.18. The molecular weight excluding hydrogens is 496 g/mol. The number of ether oxygens (including phenoxy) is 1. The molecule has 0 saturated carbocycles. The van der Waals surface area contributed by atoms with Gasteiger partial charge in [0.05, 0.1) is 19.1 Å². The highest BCUT2D eigenvalue weighted by molar-refractivity contribution is 14.0. The number of hydrogen-bond donors (Lipinski definition) is 2. The first-order valence-corrected chi connectivity index (χ1v) is 9.45. The first kappa shape index (κ1) is 23.7. The SMILES string of the molecule is CN=C(NCCc1cc(C)ccc1OC)NCc1ccc(-n2ccnc2)c(F)c1.I. The minimum Gasteiger partial charge on any atom is -0.496 e. The van der Waals surface area contributed by atoms with Crippen molar-refractivity contribution in [2.45, 2.75) is 19.9 Å². The van der Waals surface area contributed by atoms with Gasteiger partial charge >= 0.3 is 0 Å². The van der Waals surface area contributed by atoms with E-state index in [1.165, 1.54) is 11.6 Å². The largest absolute Gasteiger partial charge is 0.496 e. The Balaban J connectivity index is 0.00000320. The van der Waals surface area contributed by atoms with Crippen LogP contribution in [0, 0.1) is 12.7 Å². The van der Waals surface area contributed by atoms with Crippen LogP contribution in [0.2, 0.25) is 0 Å². The lowest BCUT2D eigenvalue weighted by molar-refractivity contribution is 0.409. The summed E-state index contributed by atoms with van der Waals surface area (Å²) < 4.78 is 21.4. The van der Waals surface area contributed by atoms with E-state index in [9.17, 15) is 4.39 Å². The number of benzene rings is 2. The van der Waals surface area contributed by atoms with Gasteiger partial charge in [-0.3, -0.25) is 4.99 Å². The number of aryl methyl sites for hydroxylation is 1. The van der Waals surface area contributed by atoms with Crippen LogP contribution in [-0.4, -0.2) is 36.2 Å². The van der Waals surface area contributed by atoms with Gasteiger partial charge in [-0.25, -0.2) is 9.37 Å². The average molecular weight is 523 g/mol. The van der Waals surface area contributed by atoms with Gasteiger partial charge in [-0.1, -0.05) is 23.8 Å². The lowest BCUT2D eigenvalue weighted by Crippen LogP contribution is -2.37. The molecule has 160 valence electrons. The predicted octanol–water partition coefficient (Wildman–Crippen LogP) is 3.85. The molecule has 0 aliphatic heterocycles. The lowest BCUT2D eigenvalue weighted by Gasteiger charge is -2.14. The molecule has 1 aromatic heterocycles. The summed E-state index contributed by atoms with van der Waals surface area (Å²) in [5.41, 5.74) is 3.65. The molecule has 2 aromatic carbocycles. The molecule has 3 rings (SSSR count). The zero-order valence-electron chi connectivity index (χ0n) is 17.4. The monoisotopic (exact) mass is 523 g/mol. The minimum absolute atomic E-state index is 0. The first-order chi connectivity index (χ1) is 14.1. The summed E-state index contributed by atoms with van der Waals surface area (Å²) in [5.74, 6) is 1.25. The maximum atomic E-state index is 14.4. The predicted molar refractivity (Wildman–Crippen MR) is 129 cm³/mol. The molecule has 0 amide bonds. The topological polar surface area (TPSA) is 63.5 Å². The molecule has 1 heterocycles. The van der Waals surface area contributed by atoms with E-state index in [0.29, 0.717) is 24.7 Å². The standard InChI is InChI=1S/C22H26FN5O.HI/c1-16-4-7-21(29-3)18(12-16)8-9-26-22(24-2)27-14-17-5-6-20(19(23)13-17)28-11-10-25-15-28;/h4-7,10-13,15H,8-9,14H2,1-3H3,(H2,24,26,27);1H. The highest BCUT2D eigenvalue weighted by Crippen LogP contribution is 2.19. The van der Waals surface area contributed by atoms with Crippen LogP contribution in [0.4, 0.5) is 4.39 Å². The van der Waals surface area contributed by atoms with Gasteiger partial charge in [0.15, 0.2) is 5.96 Å². The third kappa shape index (κ3) is 6.19. The number of imidazole rings is 1. The normalized spacial score (nSPS) is 11.0. The smallest absolute Gasteiger partial charge is 0.191 e. The van der Waals surface area contributed by atoms with Crippen molar-refractivity contribution < 1.29 is 9.13 Å². The van der Waals surface area contributed by atoms with Crippen molar-refractivity contribution in [3.05, 3.63) is 77.6 Å². The zero-order valence-corrected chi connectivity index (χ0v) is 19.7. The van der Waals surface area contributed by atoms with Gasteiger partial charge in [-0.15, -0.1) is 24.0 Å². The zero-order chi connectivity index (χ0) is 20.6. The fourth-order valence-corrected chi connectivity index (χ4v) is 3.10. The number of halogens is 2. The third-order valence-corrected chi connectivity index (χ3v) is 4.60. The number of aliphatic imine (C=N–C) groups is 1. The fraction of sp³-hybridized carbons (Fsp3) is 0.273. The number of methoxy groups -OCH3 is 1. The van der Waals surface area contributed by atoms with Crippen molar-refractivity contribution >= 4 is 29.9 Å². The van der Waals surface area contributed by atoms with Crippen LogP contribution in [0.1, 0.15) is 16.7 Å². The Morgan fingerprint density at radius 3 is 2.70 bits per heavy atom. The van der Waals surface area contributed by atoms with Crippen LogP contribution < -0.4 is 15.4 Å². The van der Waals surface area contributed by atoms with Crippen molar-refractivity contribution in [2.75, 3.05) is 20.7 Å². The Morgan fingerprint density at radius 2 is 2.03 bits per heavy atom. The van der Waals surface area contributed by atoms with Gasteiger partial charge in [-0.2, -0.15) is 0 Å². The molecule has 0 fully saturated rings. The van der Waals surface area contributed by atoms with Gasteiger partial charge in [0.1, 0.15) is 11.6 Å². The first-order valence-electron chi connectivity index (χ1n) is 9.45. The maximum absolute atomic E-state index is 14.4. The van der Waals surface area contributed by atoms with E-state index in [1.807, 2.05) is 18.2 Å². The quantitative estimate of drug-likeness (QED) is 0.281. The van der Waals surface area contributed by atoms with E-state index >= 15 is 0 Å².